The molecular weight excluding hydrogens is 396 g/mol. The SMILES string of the molecule is CN(C1CCCCC1)S(=O)(=O)c1ccc(NC(=O)C23CC4CC(CC(C4)C2)C3)cc1. The van der Waals surface area contributed by atoms with Crippen LogP contribution in [0.3, 0.4) is 0 Å². The number of nitrogens with zero attached hydrogens (tertiary/aromatic N) is 1. The third-order valence-electron chi connectivity index (χ3n) is 8.40. The predicted molar refractivity (Wildman–Crippen MR) is 117 cm³/mol. The molecule has 5 saturated carbocycles. The lowest BCUT2D eigenvalue weighted by molar-refractivity contribution is -0.140. The fourth-order valence-electron chi connectivity index (χ4n) is 7.17. The molecule has 0 unspecified atom stereocenters. The second-order valence-corrected chi connectivity index (χ2v) is 12.5. The van der Waals surface area contributed by atoms with E-state index in [4.69, 9.17) is 0 Å². The molecule has 0 aromatic heterocycles. The van der Waals surface area contributed by atoms with Crippen LogP contribution in [0.4, 0.5) is 5.69 Å². The third kappa shape index (κ3) is 3.60. The summed E-state index contributed by atoms with van der Waals surface area (Å²) in [5.41, 5.74) is 0.510. The van der Waals surface area contributed by atoms with Crippen molar-refractivity contribution < 1.29 is 13.2 Å². The number of hydrogen-bond acceptors (Lipinski definition) is 3. The molecule has 1 N–H and O–H groups in total. The van der Waals surface area contributed by atoms with Gasteiger partial charge < -0.3 is 5.32 Å². The van der Waals surface area contributed by atoms with Crippen LogP contribution in [0, 0.1) is 23.2 Å². The largest absolute Gasteiger partial charge is 0.326 e. The van der Waals surface area contributed by atoms with Crippen LogP contribution in [-0.4, -0.2) is 31.7 Å². The van der Waals surface area contributed by atoms with Crippen molar-refractivity contribution in [2.24, 2.45) is 23.2 Å². The highest BCUT2D eigenvalue weighted by molar-refractivity contribution is 7.89. The Morgan fingerprint density at radius 1 is 0.933 bits per heavy atom. The molecule has 6 rings (SSSR count). The summed E-state index contributed by atoms with van der Waals surface area (Å²) >= 11 is 0. The van der Waals surface area contributed by atoms with Crippen LogP contribution in [0.1, 0.15) is 70.6 Å². The van der Waals surface area contributed by atoms with Gasteiger partial charge in [-0.25, -0.2) is 8.42 Å². The summed E-state index contributed by atoms with van der Waals surface area (Å²) in [5, 5.41) is 3.12. The highest BCUT2D eigenvalue weighted by atomic mass is 32.2. The molecule has 0 spiro atoms. The third-order valence-corrected chi connectivity index (χ3v) is 10.3. The minimum absolute atomic E-state index is 0.0965. The second kappa shape index (κ2) is 7.63. The number of anilines is 1. The van der Waals surface area contributed by atoms with Crippen molar-refractivity contribution in [2.45, 2.75) is 81.6 Å². The van der Waals surface area contributed by atoms with Gasteiger partial charge in [0.05, 0.1) is 10.3 Å². The van der Waals surface area contributed by atoms with Gasteiger partial charge in [0, 0.05) is 18.8 Å². The number of carbonyl (C=O) groups is 1. The standard InChI is InChI=1S/C24H34N2O3S/c1-26(21-5-3-2-4-6-21)30(28,29)22-9-7-20(8-10-22)25-23(27)24-14-17-11-18(15-24)13-19(12-17)16-24/h7-10,17-19,21H,2-6,11-16H2,1H3,(H,25,27). The number of rotatable bonds is 5. The van der Waals surface area contributed by atoms with Crippen LogP contribution in [0.25, 0.3) is 0 Å². The van der Waals surface area contributed by atoms with E-state index in [0.717, 1.165) is 62.7 Å². The van der Waals surface area contributed by atoms with Gasteiger partial charge in [-0.05, 0) is 93.4 Å². The monoisotopic (exact) mass is 430 g/mol. The van der Waals surface area contributed by atoms with Gasteiger partial charge in [-0.1, -0.05) is 19.3 Å². The molecule has 4 bridgehead atoms. The van der Waals surface area contributed by atoms with E-state index in [1.807, 2.05) is 0 Å². The van der Waals surface area contributed by atoms with Crippen molar-refractivity contribution in [2.75, 3.05) is 12.4 Å². The van der Waals surface area contributed by atoms with E-state index in [2.05, 4.69) is 5.32 Å². The molecule has 5 aliphatic carbocycles. The molecule has 0 aliphatic heterocycles. The minimum atomic E-state index is -3.50. The summed E-state index contributed by atoms with van der Waals surface area (Å²) in [6.07, 6.45) is 12.3. The summed E-state index contributed by atoms with van der Waals surface area (Å²) < 4.78 is 27.6. The molecule has 0 saturated heterocycles. The van der Waals surface area contributed by atoms with Crippen molar-refractivity contribution >= 4 is 21.6 Å². The summed E-state index contributed by atoms with van der Waals surface area (Å²) in [5.74, 6) is 2.33. The molecule has 6 heteroatoms. The minimum Gasteiger partial charge on any atom is -0.326 e. The van der Waals surface area contributed by atoms with Crippen molar-refractivity contribution in [1.82, 2.24) is 4.31 Å². The summed E-state index contributed by atoms with van der Waals surface area (Å²) in [4.78, 5) is 13.5. The molecule has 30 heavy (non-hydrogen) atoms. The van der Waals surface area contributed by atoms with Crippen LogP contribution < -0.4 is 5.32 Å². The highest BCUT2D eigenvalue weighted by Crippen LogP contribution is 2.60. The Kier molecular flexibility index (Phi) is 5.21. The van der Waals surface area contributed by atoms with E-state index in [0.29, 0.717) is 10.6 Å². The van der Waals surface area contributed by atoms with Crippen molar-refractivity contribution in [3.63, 3.8) is 0 Å². The smallest absolute Gasteiger partial charge is 0.243 e. The average Bonchev–Trinajstić information content (AvgIpc) is 2.73. The molecule has 0 radical (unpaired) electrons. The summed E-state index contributed by atoms with van der Waals surface area (Å²) in [6, 6.07) is 6.88. The molecular formula is C24H34N2O3S. The van der Waals surface area contributed by atoms with E-state index in [1.165, 1.54) is 25.7 Å². The van der Waals surface area contributed by atoms with E-state index >= 15 is 0 Å². The van der Waals surface area contributed by atoms with Gasteiger partial charge in [0.25, 0.3) is 0 Å². The maximum Gasteiger partial charge on any atom is 0.243 e. The van der Waals surface area contributed by atoms with Crippen LogP contribution in [0.15, 0.2) is 29.2 Å². The zero-order chi connectivity index (χ0) is 20.9. The van der Waals surface area contributed by atoms with Gasteiger partial charge in [0.15, 0.2) is 0 Å². The fourth-order valence-corrected chi connectivity index (χ4v) is 8.59. The topological polar surface area (TPSA) is 66.5 Å². The molecule has 0 heterocycles. The highest BCUT2D eigenvalue weighted by Gasteiger charge is 2.54. The molecule has 1 amide bonds. The number of benzene rings is 1. The van der Waals surface area contributed by atoms with Crippen LogP contribution in [0.2, 0.25) is 0 Å². The number of sulfonamides is 1. The van der Waals surface area contributed by atoms with E-state index in [1.54, 1.807) is 35.6 Å². The molecule has 1 aromatic rings. The number of carbonyl (C=O) groups excluding carboxylic acids is 1. The fraction of sp³-hybridized carbons (Fsp3) is 0.708. The quantitative estimate of drug-likeness (QED) is 0.730. The van der Waals surface area contributed by atoms with E-state index in [9.17, 15) is 13.2 Å². The van der Waals surface area contributed by atoms with Gasteiger partial charge >= 0.3 is 0 Å². The predicted octanol–water partition coefficient (Wildman–Crippen LogP) is 4.79. The molecule has 0 atom stereocenters. The first-order chi connectivity index (χ1) is 14.4. The van der Waals surface area contributed by atoms with Crippen LogP contribution in [0.5, 0.6) is 0 Å². The maximum atomic E-state index is 13.2. The van der Waals surface area contributed by atoms with Gasteiger partial charge in [-0.2, -0.15) is 4.31 Å². The number of amides is 1. The Morgan fingerprint density at radius 2 is 1.47 bits per heavy atom. The van der Waals surface area contributed by atoms with Crippen LogP contribution >= 0.6 is 0 Å². The normalized spacial score (nSPS) is 33.7. The lowest BCUT2D eigenvalue weighted by Crippen LogP contribution is -2.51. The number of nitrogens with one attached hydrogen (secondary N) is 1. The Bertz CT molecular complexity index is 868. The molecule has 1 aromatic carbocycles. The number of hydrogen-bond donors (Lipinski definition) is 1. The molecule has 5 nitrogen and oxygen atoms in total. The molecule has 5 fully saturated rings. The average molecular weight is 431 g/mol. The van der Waals surface area contributed by atoms with Crippen molar-refractivity contribution in [1.29, 1.82) is 0 Å². The van der Waals surface area contributed by atoms with E-state index in [-0.39, 0.29) is 17.4 Å². The van der Waals surface area contributed by atoms with Gasteiger partial charge in [-0.3, -0.25) is 4.79 Å². The maximum absolute atomic E-state index is 13.2. The van der Waals surface area contributed by atoms with Gasteiger partial charge in [0.2, 0.25) is 15.9 Å². The summed E-state index contributed by atoms with van der Waals surface area (Å²) in [7, 11) is -1.80. The molecule has 5 aliphatic rings. The Morgan fingerprint density at radius 3 is 2.00 bits per heavy atom. The first-order valence-electron chi connectivity index (χ1n) is 11.8. The first-order valence-corrected chi connectivity index (χ1v) is 13.2. The Balaban J connectivity index is 1.28. The van der Waals surface area contributed by atoms with Crippen LogP contribution in [-0.2, 0) is 14.8 Å². The van der Waals surface area contributed by atoms with E-state index < -0.39 is 10.0 Å². The second-order valence-electron chi connectivity index (χ2n) is 10.5. The Hall–Kier alpha value is -1.40. The van der Waals surface area contributed by atoms with Gasteiger partial charge in [0.1, 0.15) is 0 Å². The van der Waals surface area contributed by atoms with Gasteiger partial charge in [-0.15, -0.1) is 0 Å². The van der Waals surface area contributed by atoms with Crippen molar-refractivity contribution in [3.8, 4) is 0 Å². The lowest BCUT2D eigenvalue weighted by Gasteiger charge is -2.55. The zero-order valence-corrected chi connectivity index (χ0v) is 18.8. The molecule has 164 valence electrons. The lowest BCUT2D eigenvalue weighted by atomic mass is 9.49. The first kappa shape index (κ1) is 20.5. The Labute approximate surface area is 180 Å². The van der Waals surface area contributed by atoms with Crippen molar-refractivity contribution in [3.05, 3.63) is 24.3 Å². The zero-order valence-electron chi connectivity index (χ0n) is 18.0. The summed E-state index contributed by atoms with van der Waals surface area (Å²) in [6.45, 7) is 0.